The average molecular weight is 465 g/mol. The van der Waals surface area contributed by atoms with E-state index in [1.807, 2.05) is 54.6 Å². The summed E-state index contributed by atoms with van der Waals surface area (Å²) in [6.45, 7) is 6.52. The first-order valence-corrected chi connectivity index (χ1v) is 12.0. The van der Waals surface area contributed by atoms with Crippen LogP contribution in [0.5, 0.6) is 0 Å². The van der Waals surface area contributed by atoms with Crippen molar-refractivity contribution in [3.05, 3.63) is 60.2 Å². The van der Waals surface area contributed by atoms with E-state index in [2.05, 4.69) is 10.3 Å². The number of likely N-dealkylation sites (tertiary alicyclic amines) is 1. The number of rotatable bonds is 8. The number of halogens is 1. The highest BCUT2D eigenvalue weighted by atomic mass is 19.1. The molecule has 1 aliphatic heterocycles. The maximum absolute atomic E-state index is 13.9. The Morgan fingerprint density at radius 2 is 1.97 bits per heavy atom. The van der Waals surface area contributed by atoms with E-state index < -0.39 is 0 Å². The molecule has 3 atom stereocenters. The molecule has 1 saturated heterocycles. The predicted octanol–water partition coefficient (Wildman–Crippen LogP) is 4.67. The summed E-state index contributed by atoms with van der Waals surface area (Å²) >= 11 is 0. The number of aromatic nitrogens is 2. The molecule has 7 heteroatoms. The molecule has 3 aromatic rings. The Labute approximate surface area is 200 Å². The van der Waals surface area contributed by atoms with Crippen LogP contribution in [0.15, 0.2) is 48.8 Å². The lowest BCUT2D eigenvalue weighted by atomic mass is 9.87. The van der Waals surface area contributed by atoms with Crippen molar-refractivity contribution in [3.8, 4) is 5.82 Å². The average Bonchev–Trinajstić information content (AvgIpc) is 3.48. The summed E-state index contributed by atoms with van der Waals surface area (Å²) in [4.78, 5) is 32.7. The van der Waals surface area contributed by atoms with Gasteiger partial charge in [-0.1, -0.05) is 13.8 Å². The molecule has 4 rings (SSSR count). The van der Waals surface area contributed by atoms with Crippen molar-refractivity contribution in [1.29, 1.82) is 0 Å². The van der Waals surface area contributed by atoms with Crippen LogP contribution in [-0.2, 0) is 9.59 Å². The number of hydrogen-bond donors (Lipinski definition) is 1. The quantitative estimate of drug-likeness (QED) is 0.526. The molecule has 34 heavy (non-hydrogen) atoms. The molecule has 1 aliphatic rings. The lowest BCUT2D eigenvalue weighted by Crippen LogP contribution is -2.41. The topological polar surface area (TPSA) is 67.2 Å². The van der Waals surface area contributed by atoms with Crippen LogP contribution in [0, 0.1) is 17.7 Å². The van der Waals surface area contributed by atoms with Gasteiger partial charge < -0.3 is 14.8 Å². The Bertz CT molecular complexity index is 1190. The van der Waals surface area contributed by atoms with Gasteiger partial charge in [0.1, 0.15) is 17.4 Å². The number of fused-ring (bicyclic) bond motifs is 1. The first kappa shape index (κ1) is 24.1. The van der Waals surface area contributed by atoms with Gasteiger partial charge in [0, 0.05) is 36.7 Å². The van der Waals surface area contributed by atoms with Crippen molar-refractivity contribution >= 4 is 22.6 Å². The van der Waals surface area contributed by atoms with Crippen LogP contribution < -0.4 is 5.32 Å². The van der Waals surface area contributed by atoms with Crippen LogP contribution in [0.3, 0.4) is 0 Å². The smallest absolute Gasteiger partial charge is 0.226 e. The zero-order valence-corrected chi connectivity index (χ0v) is 20.3. The van der Waals surface area contributed by atoms with Crippen molar-refractivity contribution in [1.82, 2.24) is 19.8 Å². The van der Waals surface area contributed by atoms with Crippen LogP contribution in [0.2, 0.25) is 0 Å². The minimum Gasteiger partial charge on any atom is -0.335 e. The van der Waals surface area contributed by atoms with E-state index in [0.717, 1.165) is 29.3 Å². The highest BCUT2D eigenvalue weighted by Crippen LogP contribution is 2.35. The van der Waals surface area contributed by atoms with E-state index in [1.54, 1.807) is 19.3 Å². The summed E-state index contributed by atoms with van der Waals surface area (Å²) in [5.41, 5.74) is 1.76. The lowest BCUT2D eigenvalue weighted by molar-refractivity contribution is -0.140. The number of nitrogens with one attached hydrogen (secondary N) is 1. The van der Waals surface area contributed by atoms with E-state index in [4.69, 9.17) is 0 Å². The summed E-state index contributed by atoms with van der Waals surface area (Å²) < 4.78 is 15.7. The standard InChI is InChI=1S/C27H33FN4O2/c1-17(2)22(16-25(33)18(3)29-4)27(34)32-12-5-6-23(32)20-9-11-30-26(14-20)31-13-10-19-7-8-21(28)15-24(19)31/h7-11,13-15,17-18,22-23,29H,5-6,12,16H2,1-4H3. The van der Waals surface area contributed by atoms with Crippen molar-refractivity contribution in [3.63, 3.8) is 0 Å². The number of Topliss-reactive ketones (excluding diaryl/α,β-unsaturated/α-hetero) is 1. The third-order valence-corrected chi connectivity index (χ3v) is 7.05. The molecule has 6 nitrogen and oxygen atoms in total. The number of carbonyl (C=O) groups is 2. The second-order valence-electron chi connectivity index (χ2n) is 9.56. The normalized spacial score (nSPS) is 17.9. The van der Waals surface area contributed by atoms with Gasteiger partial charge in [0.2, 0.25) is 5.91 Å². The van der Waals surface area contributed by atoms with Crippen molar-refractivity contribution in [2.45, 2.75) is 52.1 Å². The molecule has 0 radical (unpaired) electrons. The van der Waals surface area contributed by atoms with Crippen LogP contribution in [0.1, 0.15) is 51.6 Å². The monoisotopic (exact) mass is 464 g/mol. The number of nitrogens with zero attached hydrogens (tertiary/aromatic N) is 3. The molecule has 180 valence electrons. The Hall–Kier alpha value is -3.06. The zero-order chi connectivity index (χ0) is 24.4. The molecule has 1 N–H and O–H groups in total. The first-order chi connectivity index (χ1) is 16.3. The van der Waals surface area contributed by atoms with Gasteiger partial charge in [0.25, 0.3) is 0 Å². The Kier molecular flexibility index (Phi) is 7.12. The minimum atomic E-state index is -0.346. The van der Waals surface area contributed by atoms with Gasteiger partial charge >= 0.3 is 0 Å². The van der Waals surface area contributed by atoms with Gasteiger partial charge in [-0.25, -0.2) is 9.37 Å². The van der Waals surface area contributed by atoms with Crippen molar-refractivity contribution in [2.24, 2.45) is 11.8 Å². The van der Waals surface area contributed by atoms with Crippen LogP contribution in [-0.4, -0.2) is 45.8 Å². The molecule has 1 aromatic carbocycles. The van der Waals surface area contributed by atoms with Crippen molar-refractivity contribution in [2.75, 3.05) is 13.6 Å². The molecule has 1 amide bonds. The fourth-order valence-electron chi connectivity index (χ4n) is 4.83. The number of carbonyl (C=O) groups excluding carboxylic acids is 2. The summed E-state index contributed by atoms with van der Waals surface area (Å²) in [6.07, 6.45) is 5.65. The molecule has 0 saturated carbocycles. The molecule has 0 spiro atoms. The third-order valence-electron chi connectivity index (χ3n) is 7.05. The summed E-state index contributed by atoms with van der Waals surface area (Å²) in [7, 11) is 1.76. The van der Waals surface area contributed by atoms with Crippen LogP contribution >= 0.6 is 0 Å². The molecule has 1 fully saturated rings. The first-order valence-electron chi connectivity index (χ1n) is 12.0. The van der Waals surface area contributed by atoms with Gasteiger partial charge in [-0.2, -0.15) is 0 Å². The lowest BCUT2D eigenvalue weighted by Gasteiger charge is -2.31. The Morgan fingerprint density at radius 1 is 1.18 bits per heavy atom. The Balaban J connectivity index is 1.61. The number of likely N-dealkylation sites (N-methyl/N-ethyl adjacent to an activating group) is 1. The SMILES string of the molecule is CNC(C)C(=O)CC(C(=O)N1CCCC1c1ccnc(-n2ccc3ccc(F)cc32)c1)C(C)C. The molecular weight excluding hydrogens is 431 g/mol. The maximum atomic E-state index is 13.9. The van der Waals surface area contributed by atoms with Gasteiger partial charge in [-0.3, -0.25) is 9.59 Å². The molecule has 3 unspecified atom stereocenters. The Morgan fingerprint density at radius 3 is 2.71 bits per heavy atom. The van der Waals surface area contributed by atoms with Crippen LogP contribution in [0.4, 0.5) is 4.39 Å². The van der Waals surface area contributed by atoms with Gasteiger partial charge in [-0.15, -0.1) is 0 Å². The fraction of sp³-hybridized carbons (Fsp3) is 0.444. The second-order valence-corrected chi connectivity index (χ2v) is 9.56. The molecule has 3 heterocycles. The number of ketones is 1. The summed E-state index contributed by atoms with van der Waals surface area (Å²) in [6, 6.07) is 10.2. The molecule has 2 aromatic heterocycles. The fourth-order valence-corrected chi connectivity index (χ4v) is 4.83. The largest absolute Gasteiger partial charge is 0.335 e. The van der Waals surface area contributed by atoms with Gasteiger partial charge in [-0.05, 0) is 74.7 Å². The predicted molar refractivity (Wildman–Crippen MR) is 131 cm³/mol. The van der Waals surface area contributed by atoms with E-state index in [-0.39, 0.29) is 47.8 Å². The maximum Gasteiger partial charge on any atom is 0.226 e. The van der Waals surface area contributed by atoms with E-state index in [9.17, 15) is 14.0 Å². The molecule has 0 aliphatic carbocycles. The van der Waals surface area contributed by atoms with Gasteiger partial charge in [0.15, 0.2) is 0 Å². The number of benzene rings is 1. The second kappa shape index (κ2) is 10.1. The van der Waals surface area contributed by atoms with Gasteiger partial charge in [0.05, 0.1) is 17.6 Å². The van der Waals surface area contributed by atoms with E-state index in [1.165, 1.54) is 12.1 Å². The number of amides is 1. The van der Waals surface area contributed by atoms with Crippen molar-refractivity contribution < 1.29 is 14.0 Å². The number of pyridine rings is 1. The highest BCUT2D eigenvalue weighted by Gasteiger charge is 2.36. The number of hydrogen-bond acceptors (Lipinski definition) is 4. The van der Waals surface area contributed by atoms with E-state index in [0.29, 0.717) is 12.4 Å². The molecular formula is C27H33FN4O2. The summed E-state index contributed by atoms with van der Waals surface area (Å²) in [5.74, 6) is 0.218. The van der Waals surface area contributed by atoms with Crippen LogP contribution in [0.25, 0.3) is 16.7 Å². The third kappa shape index (κ3) is 4.75. The van der Waals surface area contributed by atoms with E-state index >= 15 is 0 Å². The highest BCUT2D eigenvalue weighted by molar-refractivity contribution is 5.90. The minimum absolute atomic E-state index is 0.0426. The zero-order valence-electron chi connectivity index (χ0n) is 20.3. The summed E-state index contributed by atoms with van der Waals surface area (Å²) in [5, 5.41) is 3.92. The molecule has 0 bridgehead atoms.